The number of hydrogen-bond donors (Lipinski definition) is 2. The third-order valence-corrected chi connectivity index (χ3v) is 4.13. The molecule has 3 aromatic rings. The van der Waals surface area contributed by atoms with Gasteiger partial charge in [0.2, 0.25) is 0 Å². The fourth-order valence-electron chi connectivity index (χ4n) is 2.96. The van der Waals surface area contributed by atoms with Gasteiger partial charge < -0.3 is 14.7 Å². The standard InChI is InChI=1S/C18H18N2O3/c1-10(2)15-16(19-18(23)13(9-21)17(15)22)12-4-5-14-11(8-12)6-7-20(14)3/h4-10H,1-3H3,(H2,19,22,23). The molecule has 1 aromatic carbocycles. The quantitative estimate of drug-likeness (QED) is 0.730. The van der Waals surface area contributed by atoms with Gasteiger partial charge in [-0.15, -0.1) is 0 Å². The second-order valence-corrected chi connectivity index (χ2v) is 5.98. The molecule has 0 aliphatic carbocycles. The number of carbonyl (C=O) groups is 1. The molecule has 2 heterocycles. The number of benzene rings is 1. The van der Waals surface area contributed by atoms with Crippen molar-refractivity contribution in [2.75, 3.05) is 0 Å². The number of aldehydes is 1. The number of pyridine rings is 1. The number of carbonyl (C=O) groups excluding carboxylic acids is 1. The van der Waals surface area contributed by atoms with Gasteiger partial charge in [-0.25, -0.2) is 0 Å². The minimum absolute atomic E-state index is 0.0491. The van der Waals surface area contributed by atoms with Gasteiger partial charge in [0.1, 0.15) is 11.3 Å². The summed E-state index contributed by atoms with van der Waals surface area (Å²) in [5.41, 5.74) is 2.21. The lowest BCUT2D eigenvalue weighted by Gasteiger charge is -2.16. The molecule has 0 atom stereocenters. The van der Waals surface area contributed by atoms with Crippen molar-refractivity contribution in [1.29, 1.82) is 0 Å². The highest BCUT2D eigenvalue weighted by Gasteiger charge is 2.20. The minimum atomic E-state index is -0.579. The van der Waals surface area contributed by atoms with Crippen molar-refractivity contribution in [3.63, 3.8) is 0 Å². The number of nitrogens with one attached hydrogen (secondary N) is 1. The molecule has 0 radical (unpaired) electrons. The molecule has 0 fully saturated rings. The Morgan fingerprint density at radius 3 is 2.65 bits per heavy atom. The van der Waals surface area contributed by atoms with Crippen LogP contribution in [-0.4, -0.2) is 20.9 Å². The average Bonchev–Trinajstić information content (AvgIpc) is 2.87. The Labute approximate surface area is 133 Å². The van der Waals surface area contributed by atoms with Crippen molar-refractivity contribution in [3.05, 3.63) is 51.9 Å². The third-order valence-electron chi connectivity index (χ3n) is 4.13. The van der Waals surface area contributed by atoms with Gasteiger partial charge in [0.15, 0.2) is 6.29 Å². The van der Waals surface area contributed by atoms with Crippen LogP contribution in [0.4, 0.5) is 0 Å². The van der Waals surface area contributed by atoms with Crippen LogP contribution >= 0.6 is 0 Å². The van der Waals surface area contributed by atoms with Gasteiger partial charge in [-0.2, -0.15) is 0 Å². The summed E-state index contributed by atoms with van der Waals surface area (Å²) in [5.74, 6) is -0.283. The predicted octanol–water partition coefficient (Wildman–Crippen LogP) is 3.18. The molecule has 0 saturated carbocycles. The number of aromatic amines is 1. The SMILES string of the molecule is CC(C)c1c(-c2ccc3c(ccn3C)c2)[nH]c(=O)c(C=O)c1O. The van der Waals surface area contributed by atoms with E-state index in [1.807, 2.05) is 55.9 Å². The zero-order valence-corrected chi connectivity index (χ0v) is 13.3. The van der Waals surface area contributed by atoms with E-state index in [-0.39, 0.29) is 17.2 Å². The number of nitrogens with zero attached hydrogens (tertiary/aromatic N) is 1. The molecular formula is C18H18N2O3. The van der Waals surface area contributed by atoms with Crippen molar-refractivity contribution in [2.24, 2.45) is 7.05 Å². The Hall–Kier alpha value is -2.82. The monoisotopic (exact) mass is 310 g/mol. The molecule has 0 amide bonds. The minimum Gasteiger partial charge on any atom is -0.507 e. The van der Waals surface area contributed by atoms with Crippen LogP contribution in [0.2, 0.25) is 0 Å². The van der Waals surface area contributed by atoms with Crippen molar-refractivity contribution in [1.82, 2.24) is 9.55 Å². The summed E-state index contributed by atoms with van der Waals surface area (Å²) >= 11 is 0. The van der Waals surface area contributed by atoms with E-state index in [0.717, 1.165) is 16.5 Å². The molecule has 0 spiro atoms. The molecule has 3 rings (SSSR count). The topological polar surface area (TPSA) is 75.1 Å². The first-order chi connectivity index (χ1) is 10.9. The number of fused-ring (bicyclic) bond motifs is 1. The van der Waals surface area contributed by atoms with Gasteiger partial charge in [0.05, 0.1) is 5.69 Å². The maximum absolute atomic E-state index is 12.1. The first-order valence-electron chi connectivity index (χ1n) is 7.43. The van der Waals surface area contributed by atoms with E-state index in [0.29, 0.717) is 17.5 Å². The van der Waals surface area contributed by atoms with Crippen LogP contribution in [0.3, 0.4) is 0 Å². The Morgan fingerprint density at radius 1 is 1.26 bits per heavy atom. The highest BCUT2D eigenvalue weighted by Crippen LogP contribution is 2.35. The Morgan fingerprint density at radius 2 is 2.00 bits per heavy atom. The molecule has 5 heteroatoms. The number of hydrogen-bond acceptors (Lipinski definition) is 3. The summed E-state index contributed by atoms with van der Waals surface area (Å²) in [6, 6.07) is 7.83. The molecule has 23 heavy (non-hydrogen) atoms. The summed E-state index contributed by atoms with van der Waals surface area (Å²) < 4.78 is 2.01. The van der Waals surface area contributed by atoms with Gasteiger partial charge in [-0.05, 0) is 29.7 Å². The molecule has 0 aliphatic rings. The molecule has 5 nitrogen and oxygen atoms in total. The molecule has 118 valence electrons. The highest BCUT2D eigenvalue weighted by molar-refractivity contribution is 5.87. The van der Waals surface area contributed by atoms with Crippen LogP contribution in [0.5, 0.6) is 5.75 Å². The van der Waals surface area contributed by atoms with E-state index in [1.165, 1.54) is 0 Å². The van der Waals surface area contributed by atoms with Crippen molar-refractivity contribution < 1.29 is 9.90 Å². The van der Waals surface area contributed by atoms with Crippen LogP contribution in [0.25, 0.3) is 22.2 Å². The van der Waals surface area contributed by atoms with Gasteiger partial charge >= 0.3 is 0 Å². The normalized spacial score (nSPS) is 11.3. The first kappa shape index (κ1) is 15.1. The summed E-state index contributed by atoms with van der Waals surface area (Å²) in [6.45, 7) is 3.82. The van der Waals surface area contributed by atoms with E-state index >= 15 is 0 Å². The number of aryl methyl sites for hydroxylation is 1. The maximum atomic E-state index is 12.1. The van der Waals surface area contributed by atoms with Gasteiger partial charge in [0, 0.05) is 29.7 Å². The Balaban J connectivity index is 2.32. The number of rotatable bonds is 3. The summed E-state index contributed by atoms with van der Waals surface area (Å²) in [5, 5.41) is 11.4. The third kappa shape index (κ3) is 2.34. The second kappa shape index (κ2) is 5.43. The predicted molar refractivity (Wildman–Crippen MR) is 90.1 cm³/mol. The molecule has 2 N–H and O–H groups in total. The van der Waals surface area contributed by atoms with E-state index in [9.17, 15) is 14.7 Å². The van der Waals surface area contributed by atoms with E-state index in [1.54, 1.807) is 0 Å². The molecule has 0 bridgehead atoms. The lowest BCUT2D eigenvalue weighted by Crippen LogP contribution is -2.16. The maximum Gasteiger partial charge on any atom is 0.262 e. The zero-order chi connectivity index (χ0) is 16.7. The largest absolute Gasteiger partial charge is 0.507 e. The van der Waals surface area contributed by atoms with E-state index < -0.39 is 5.56 Å². The number of aromatic nitrogens is 2. The lowest BCUT2D eigenvalue weighted by molar-refractivity contribution is 0.111. The van der Waals surface area contributed by atoms with Gasteiger partial charge in [0.25, 0.3) is 5.56 Å². The number of aromatic hydroxyl groups is 1. The van der Waals surface area contributed by atoms with E-state index in [4.69, 9.17) is 0 Å². The van der Waals surface area contributed by atoms with Crippen molar-refractivity contribution >= 4 is 17.2 Å². The lowest BCUT2D eigenvalue weighted by atomic mass is 9.94. The van der Waals surface area contributed by atoms with E-state index in [2.05, 4.69) is 4.98 Å². The van der Waals surface area contributed by atoms with Crippen LogP contribution in [0, 0.1) is 0 Å². The first-order valence-corrected chi connectivity index (χ1v) is 7.43. The van der Waals surface area contributed by atoms with Crippen LogP contribution in [-0.2, 0) is 7.05 Å². The van der Waals surface area contributed by atoms with Crippen LogP contribution in [0.15, 0.2) is 35.3 Å². The van der Waals surface area contributed by atoms with Gasteiger partial charge in [-0.3, -0.25) is 9.59 Å². The molecule has 0 unspecified atom stereocenters. The summed E-state index contributed by atoms with van der Waals surface area (Å²) in [4.78, 5) is 25.9. The van der Waals surface area contributed by atoms with Gasteiger partial charge in [-0.1, -0.05) is 19.9 Å². The van der Waals surface area contributed by atoms with Crippen LogP contribution < -0.4 is 5.56 Å². The Bertz CT molecular complexity index is 964. The van der Waals surface area contributed by atoms with Crippen LogP contribution in [0.1, 0.15) is 35.7 Å². The molecule has 0 saturated heterocycles. The smallest absolute Gasteiger partial charge is 0.262 e. The second-order valence-electron chi connectivity index (χ2n) is 5.98. The summed E-state index contributed by atoms with van der Waals surface area (Å²) in [7, 11) is 1.97. The van der Waals surface area contributed by atoms with Crippen molar-refractivity contribution in [2.45, 2.75) is 19.8 Å². The number of H-pyrrole nitrogens is 1. The zero-order valence-electron chi connectivity index (χ0n) is 13.3. The molecular weight excluding hydrogens is 292 g/mol. The molecule has 0 aliphatic heterocycles. The molecule has 2 aromatic heterocycles. The Kier molecular flexibility index (Phi) is 3.56. The fraction of sp³-hybridized carbons (Fsp3) is 0.222. The average molecular weight is 310 g/mol. The van der Waals surface area contributed by atoms with Crippen molar-refractivity contribution in [3.8, 4) is 17.0 Å². The fourth-order valence-corrected chi connectivity index (χ4v) is 2.96. The summed E-state index contributed by atoms with van der Waals surface area (Å²) in [6.07, 6.45) is 2.36. The highest BCUT2D eigenvalue weighted by atomic mass is 16.3.